The summed E-state index contributed by atoms with van der Waals surface area (Å²) in [4.78, 5) is 0. The molecule has 1 aliphatic carbocycles. The van der Waals surface area contributed by atoms with Crippen molar-refractivity contribution in [2.45, 2.75) is 34.1 Å². The number of rotatable bonds is 4. The normalized spacial score (nSPS) is 19.4. The van der Waals surface area contributed by atoms with Crippen LogP contribution in [0.25, 0.3) is 0 Å². The maximum absolute atomic E-state index is 3.23. The van der Waals surface area contributed by atoms with Gasteiger partial charge in [-0.25, -0.2) is 0 Å². The fourth-order valence-corrected chi connectivity index (χ4v) is 1.85. The van der Waals surface area contributed by atoms with Crippen LogP contribution in [0.4, 0.5) is 0 Å². The van der Waals surface area contributed by atoms with E-state index in [9.17, 15) is 0 Å². The van der Waals surface area contributed by atoms with Crippen LogP contribution in [-0.4, -0.2) is 13.6 Å². The van der Waals surface area contributed by atoms with Gasteiger partial charge in [-0.3, -0.25) is 0 Å². The van der Waals surface area contributed by atoms with Gasteiger partial charge in [-0.15, -0.1) is 0 Å². The summed E-state index contributed by atoms with van der Waals surface area (Å²) in [5, 5.41) is 3.23. The molecule has 0 fully saturated rings. The summed E-state index contributed by atoms with van der Waals surface area (Å²) in [5.74, 6) is 0. The number of nitrogens with one attached hydrogen (secondary N) is 1. The van der Waals surface area contributed by atoms with Crippen molar-refractivity contribution in [3.05, 3.63) is 36.0 Å². The Morgan fingerprint density at radius 2 is 1.94 bits per heavy atom. The standard InChI is InChI=1S/C15H25N/c1-14(2)9-6-7-13(8-10-14)15(3,4)11-12-16-5/h6-10,16H,11-12H2,1-5H3. The van der Waals surface area contributed by atoms with E-state index in [4.69, 9.17) is 0 Å². The Balaban J connectivity index is 2.82. The van der Waals surface area contributed by atoms with E-state index in [0.29, 0.717) is 0 Å². The minimum absolute atomic E-state index is 0.178. The SMILES string of the molecule is CNCCC(C)(C)C1=CC=CC(C)(C)C=C1. The van der Waals surface area contributed by atoms with Gasteiger partial charge in [0.15, 0.2) is 0 Å². The van der Waals surface area contributed by atoms with Crippen LogP contribution in [0, 0.1) is 10.8 Å². The molecule has 1 rings (SSSR count). The van der Waals surface area contributed by atoms with Crippen molar-refractivity contribution in [1.29, 1.82) is 0 Å². The lowest BCUT2D eigenvalue weighted by Gasteiger charge is -2.26. The van der Waals surface area contributed by atoms with E-state index >= 15 is 0 Å². The predicted molar refractivity (Wildman–Crippen MR) is 72.5 cm³/mol. The highest BCUT2D eigenvalue weighted by Crippen LogP contribution is 2.34. The van der Waals surface area contributed by atoms with E-state index in [-0.39, 0.29) is 10.8 Å². The van der Waals surface area contributed by atoms with E-state index in [1.54, 1.807) is 0 Å². The van der Waals surface area contributed by atoms with E-state index < -0.39 is 0 Å². The summed E-state index contributed by atoms with van der Waals surface area (Å²) in [6.07, 6.45) is 12.4. The third kappa shape index (κ3) is 3.64. The number of hydrogen-bond donors (Lipinski definition) is 1. The molecule has 1 heteroatoms. The molecule has 1 nitrogen and oxygen atoms in total. The molecule has 0 amide bonds. The molecule has 0 atom stereocenters. The largest absolute Gasteiger partial charge is 0.320 e. The van der Waals surface area contributed by atoms with Gasteiger partial charge in [-0.2, -0.15) is 0 Å². The fourth-order valence-electron chi connectivity index (χ4n) is 1.85. The minimum Gasteiger partial charge on any atom is -0.320 e. The minimum atomic E-state index is 0.178. The number of allylic oxidation sites excluding steroid dienone is 6. The lowest BCUT2D eigenvalue weighted by molar-refractivity contribution is 0.410. The van der Waals surface area contributed by atoms with Crippen LogP contribution < -0.4 is 5.32 Å². The van der Waals surface area contributed by atoms with Gasteiger partial charge in [0.1, 0.15) is 0 Å². The van der Waals surface area contributed by atoms with Gasteiger partial charge in [0.05, 0.1) is 0 Å². The van der Waals surface area contributed by atoms with Crippen LogP contribution in [0.5, 0.6) is 0 Å². The highest BCUT2D eigenvalue weighted by molar-refractivity contribution is 5.34. The van der Waals surface area contributed by atoms with Gasteiger partial charge >= 0.3 is 0 Å². The Morgan fingerprint density at radius 3 is 2.56 bits per heavy atom. The molecule has 0 aromatic carbocycles. The topological polar surface area (TPSA) is 12.0 Å². The van der Waals surface area contributed by atoms with Gasteiger partial charge in [-0.05, 0) is 31.0 Å². The Labute approximate surface area is 100 Å². The first-order chi connectivity index (χ1) is 7.37. The fraction of sp³-hybridized carbons (Fsp3) is 0.600. The third-order valence-corrected chi connectivity index (χ3v) is 3.28. The van der Waals surface area contributed by atoms with Gasteiger partial charge in [0.25, 0.3) is 0 Å². The third-order valence-electron chi connectivity index (χ3n) is 3.28. The second-order valence-corrected chi connectivity index (χ2v) is 5.87. The molecule has 0 saturated carbocycles. The van der Waals surface area contributed by atoms with Gasteiger partial charge in [0, 0.05) is 5.41 Å². The molecule has 1 aliphatic rings. The molecule has 0 aromatic rings. The zero-order valence-electron chi connectivity index (χ0n) is 11.3. The van der Waals surface area contributed by atoms with Crippen molar-refractivity contribution < 1.29 is 0 Å². The quantitative estimate of drug-likeness (QED) is 0.760. The second-order valence-electron chi connectivity index (χ2n) is 5.87. The summed E-state index contributed by atoms with van der Waals surface area (Å²) in [5.41, 5.74) is 1.84. The average molecular weight is 219 g/mol. The molecule has 0 aliphatic heterocycles. The molecule has 0 bridgehead atoms. The van der Waals surface area contributed by atoms with Crippen LogP contribution in [0.15, 0.2) is 36.0 Å². The molecule has 0 unspecified atom stereocenters. The summed E-state index contributed by atoms with van der Waals surface area (Å²) < 4.78 is 0. The first kappa shape index (κ1) is 13.2. The van der Waals surface area contributed by atoms with E-state index in [2.05, 4.69) is 63.4 Å². The summed E-state index contributed by atoms with van der Waals surface area (Å²) in [7, 11) is 2.01. The van der Waals surface area contributed by atoms with Crippen molar-refractivity contribution >= 4 is 0 Å². The Morgan fingerprint density at radius 1 is 1.25 bits per heavy atom. The monoisotopic (exact) mass is 219 g/mol. The maximum Gasteiger partial charge on any atom is 0.00107 e. The van der Waals surface area contributed by atoms with Crippen molar-refractivity contribution in [2.75, 3.05) is 13.6 Å². The summed E-state index contributed by atoms with van der Waals surface area (Å²) in [6.45, 7) is 10.2. The van der Waals surface area contributed by atoms with Crippen LogP contribution in [0.3, 0.4) is 0 Å². The lowest BCUT2D eigenvalue weighted by Crippen LogP contribution is -2.21. The summed E-state index contributed by atoms with van der Waals surface area (Å²) >= 11 is 0. The van der Waals surface area contributed by atoms with Gasteiger partial charge in [-0.1, -0.05) is 58.1 Å². The van der Waals surface area contributed by atoms with Gasteiger partial charge < -0.3 is 5.32 Å². The van der Waals surface area contributed by atoms with Crippen LogP contribution in [0.1, 0.15) is 34.1 Å². The van der Waals surface area contributed by atoms with Crippen LogP contribution in [-0.2, 0) is 0 Å². The smallest absolute Gasteiger partial charge is 0.00107 e. The maximum atomic E-state index is 3.23. The Hall–Kier alpha value is -0.820. The van der Waals surface area contributed by atoms with Crippen molar-refractivity contribution in [3.63, 3.8) is 0 Å². The molecule has 90 valence electrons. The summed E-state index contributed by atoms with van der Waals surface area (Å²) in [6, 6.07) is 0. The molecule has 0 aromatic heterocycles. The van der Waals surface area contributed by atoms with Crippen molar-refractivity contribution in [2.24, 2.45) is 10.8 Å². The first-order valence-electron chi connectivity index (χ1n) is 6.11. The van der Waals surface area contributed by atoms with E-state index in [0.717, 1.165) is 13.0 Å². The predicted octanol–water partition coefficient (Wildman–Crippen LogP) is 3.70. The Kier molecular flexibility index (Phi) is 4.15. The molecule has 0 saturated heterocycles. The number of hydrogen-bond acceptors (Lipinski definition) is 1. The molecule has 16 heavy (non-hydrogen) atoms. The molecular formula is C15H25N. The van der Waals surface area contributed by atoms with E-state index in [1.807, 2.05) is 7.05 Å². The Bertz CT molecular complexity index is 316. The van der Waals surface area contributed by atoms with Gasteiger partial charge in [0.2, 0.25) is 0 Å². The van der Waals surface area contributed by atoms with Crippen molar-refractivity contribution in [1.82, 2.24) is 5.32 Å². The molecule has 0 heterocycles. The molecular weight excluding hydrogens is 194 g/mol. The zero-order chi connectivity index (χ0) is 12.2. The highest BCUT2D eigenvalue weighted by atomic mass is 14.8. The van der Waals surface area contributed by atoms with Crippen molar-refractivity contribution in [3.8, 4) is 0 Å². The zero-order valence-corrected chi connectivity index (χ0v) is 11.3. The van der Waals surface area contributed by atoms with E-state index in [1.165, 1.54) is 5.57 Å². The molecule has 0 radical (unpaired) electrons. The molecule has 0 spiro atoms. The average Bonchev–Trinajstić information content (AvgIpc) is 2.36. The lowest BCUT2D eigenvalue weighted by atomic mass is 9.80. The van der Waals surface area contributed by atoms with Crippen LogP contribution >= 0.6 is 0 Å². The van der Waals surface area contributed by atoms with Crippen LogP contribution in [0.2, 0.25) is 0 Å². The second kappa shape index (κ2) is 5.01. The molecule has 1 N–H and O–H groups in total. The first-order valence-corrected chi connectivity index (χ1v) is 6.11. The highest BCUT2D eigenvalue weighted by Gasteiger charge is 2.22.